The summed E-state index contributed by atoms with van der Waals surface area (Å²) in [6.45, 7) is 4.47. The van der Waals surface area contributed by atoms with Gasteiger partial charge in [0.25, 0.3) is 5.78 Å². The summed E-state index contributed by atoms with van der Waals surface area (Å²) in [5.41, 5.74) is -0.0483. The average Bonchev–Trinajstić information content (AvgIpc) is 2.16. The van der Waals surface area contributed by atoms with E-state index >= 15 is 0 Å². The smallest absolute Gasteiger partial charge is 0.454 e. The number of esters is 1. The third kappa shape index (κ3) is 5.94. The van der Waals surface area contributed by atoms with Crippen molar-refractivity contribution < 1.29 is 27.5 Å². The van der Waals surface area contributed by atoms with Crippen molar-refractivity contribution in [3.8, 4) is 0 Å². The molecule has 0 saturated heterocycles. The molecule has 0 heterocycles. The SMILES string of the molecule is CCOC(=O)C(C)N/C(C)=C\C(=O)C(F)(F)F. The van der Waals surface area contributed by atoms with Gasteiger partial charge < -0.3 is 10.1 Å². The summed E-state index contributed by atoms with van der Waals surface area (Å²) in [6, 6.07) is -0.813. The molecule has 4 nitrogen and oxygen atoms in total. The van der Waals surface area contributed by atoms with E-state index in [0.717, 1.165) is 0 Å². The Hall–Kier alpha value is -1.53. The van der Waals surface area contributed by atoms with Gasteiger partial charge in [-0.1, -0.05) is 0 Å². The number of halogens is 3. The topological polar surface area (TPSA) is 55.4 Å². The first-order valence-corrected chi connectivity index (χ1v) is 4.91. The van der Waals surface area contributed by atoms with Crippen LogP contribution in [0.3, 0.4) is 0 Å². The summed E-state index contributed by atoms with van der Waals surface area (Å²) in [5, 5.41) is 2.43. The quantitative estimate of drug-likeness (QED) is 0.596. The first kappa shape index (κ1) is 15.5. The van der Waals surface area contributed by atoms with Crippen molar-refractivity contribution in [1.29, 1.82) is 0 Å². The Bertz CT molecular complexity index is 323. The molecule has 0 radical (unpaired) electrons. The van der Waals surface area contributed by atoms with Crippen LogP contribution in [0.15, 0.2) is 11.8 Å². The Balaban J connectivity index is 4.44. The number of ether oxygens (including phenoxy) is 1. The Morgan fingerprint density at radius 2 is 1.94 bits per heavy atom. The van der Waals surface area contributed by atoms with Crippen LogP contribution < -0.4 is 5.32 Å². The molecule has 0 aromatic heterocycles. The zero-order chi connectivity index (χ0) is 13.6. The number of rotatable bonds is 5. The molecule has 0 saturated carbocycles. The Morgan fingerprint density at radius 3 is 2.35 bits per heavy atom. The van der Waals surface area contributed by atoms with Gasteiger partial charge in [0.15, 0.2) is 0 Å². The monoisotopic (exact) mass is 253 g/mol. The predicted octanol–water partition coefficient (Wildman–Crippen LogP) is 1.56. The molecular weight excluding hydrogens is 239 g/mol. The maximum Gasteiger partial charge on any atom is 0.454 e. The normalized spacial score (nSPS) is 14.1. The highest BCUT2D eigenvalue weighted by Gasteiger charge is 2.36. The summed E-state index contributed by atoms with van der Waals surface area (Å²) in [7, 11) is 0. The number of carbonyl (C=O) groups excluding carboxylic acids is 2. The number of allylic oxidation sites excluding steroid dienone is 2. The summed E-state index contributed by atoms with van der Waals surface area (Å²) in [5.74, 6) is -2.57. The minimum absolute atomic E-state index is 0.0483. The maximum atomic E-state index is 11.9. The van der Waals surface area contributed by atoms with E-state index in [1.54, 1.807) is 6.92 Å². The molecule has 0 rings (SSSR count). The van der Waals surface area contributed by atoms with E-state index in [4.69, 9.17) is 0 Å². The molecule has 0 fully saturated rings. The van der Waals surface area contributed by atoms with E-state index in [-0.39, 0.29) is 12.3 Å². The highest BCUT2D eigenvalue weighted by Crippen LogP contribution is 2.17. The third-order valence-electron chi connectivity index (χ3n) is 1.71. The molecule has 1 N–H and O–H groups in total. The van der Waals surface area contributed by atoms with E-state index < -0.39 is 24.0 Å². The van der Waals surface area contributed by atoms with Crippen LogP contribution in [-0.2, 0) is 14.3 Å². The minimum Gasteiger partial charge on any atom is -0.464 e. The number of ketones is 1. The highest BCUT2D eigenvalue weighted by molar-refractivity contribution is 5.94. The molecule has 0 aliphatic carbocycles. The number of alkyl halides is 3. The van der Waals surface area contributed by atoms with Gasteiger partial charge in [0.1, 0.15) is 6.04 Å². The van der Waals surface area contributed by atoms with Crippen molar-refractivity contribution in [3.05, 3.63) is 11.8 Å². The fourth-order valence-electron chi connectivity index (χ4n) is 0.988. The van der Waals surface area contributed by atoms with Crippen LogP contribution in [0.4, 0.5) is 13.2 Å². The highest BCUT2D eigenvalue weighted by atomic mass is 19.4. The van der Waals surface area contributed by atoms with Crippen LogP contribution in [0, 0.1) is 0 Å². The van der Waals surface area contributed by atoms with Crippen molar-refractivity contribution in [2.24, 2.45) is 0 Å². The van der Waals surface area contributed by atoms with Gasteiger partial charge in [0, 0.05) is 11.8 Å². The number of carbonyl (C=O) groups is 2. The fraction of sp³-hybridized carbons (Fsp3) is 0.600. The summed E-state index contributed by atoms with van der Waals surface area (Å²) >= 11 is 0. The van der Waals surface area contributed by atoms with E-state index in [1.165, 1.54) is 13.8 Å². The summed E-state index contributed by atoms with van der Waals surface area (Å²) in [4.78, 5) is 21.7. The van der Waals surface area contributed by atoms with Crippen LogP contribution >= 0.6 is 0 Å². The fourth-order valence-corrected chi connectivity index (χ4v) is 0.988. The lowest BCUT2D eigenvalue weighted by atomic mass is 10.2. The summed E-state index contributed by atoms with van der Waals surface area (Å²) in [6.07, 6.45) is -4.51. The van der Waals surface area contributed by atoms with Gasteiger partial charge >= 0.3 is 12.1 Å². The van der Waals surface area contributed by atoms with Crippen molar-refractivity contribution in [3.63, 3.8) is 0 Å². The average molecular weight is 253 g/mol. The molecule has 7 heteroatoms. The van der Waals surface area contributed by atoms with Crippen molar-refractivity contribution >= 4 is 11.8 Å². The predicted molar refractivity (Wildman–Crippen MR) is 54.0 cm³/mol. The number of hydrogen-bond acceptors (Lipinski definition) is 4. The molecule has 0 aliphatic heterocycles. The zero-order valence-corrected chi connectivity index (χ0v) is 9.72. The largest absolute Gasteiger partial charge is 0.464 e. The first-order chi connectivity index (χ1) is 7.68. The van der Waals surface area contributed by atoms with E-state index in [2.05, 4.69) is 10.1 Å². The second-order valence-electron chi connectivity index (χ2n) is 3.31. The second-order valence-corrected chi connectivity index (χ2v) is 3.31. The third-order valence-corrected chi connectivity index (χ3v) is 1.71. The molecule has 98 valence electrons. The van der Waals surface area contributed by atoms with Crippen molar-refractivity contribution in [2.75, 3.05) is 6.61 Å². The van der Waals surface area contributed by atoms with E-state index in [1.807, 2.05) is 0 Å². The van der Waals surface area contributed by atoms with E-state index in [0.29, 0.717) is 6.08 Å². The maximum absolute atomic E-state index is 11.9. The Labute approximate surface area is 96.8 Å². The van der Waals surface area contributed by atoms with Crippen molar-refractivity contribution in [1.82, 2.24) is 5.32 Å². The molecule has 1 unspecified atom stereocenters. The van der Waals surface area contributed by atoms with Gasteiger partial charge in [0.05, 0.1) is 6.61 Å². The van der Waals surface area contributed by atoms with Gasteiger partial charge in [-0.3, -0.25) is 4.79 Å². The van der Waals surface area contributed by atoms with Crippen molar-refractivity contribution in [2.45, 2.75) is 33.0 Å². The van der Waals surface area contributed by atoms with Gasteiger partial charge in [0.2, 0.25) is 0 Å². The molecule has 17 heavy (non-hydrogen) atoms. The lowest BCUT2D eigenvalue weighted by molar-refractivity contribution is -0.165. The molecule has 0 aromatic rings. The number of nitrogens with one attached hydrogen (secondary N) is 1. The molecule has 1 atom stereocenters. The number of hydrogen-bond donors (Lipinski definition) is 1. The standard InChI is InChI=1S/C10H14F3NO3/c1-4-17-9(16)7(3)14-6(2)5-8(15)10(11,12)13/h5,7,14H,4H2,1-3H3/b6-5-. The molecule has 0 aliphatic rings. The Kier molecular flexibility index (Phi) is 5.70. The van der Waals surface area contributed by atoms with Crippen LogP contribution in [0.2, 0.25) is 0 Å². The van der Waals surface area contributed by atoms with Crippen LogP contribution in [-0.4, -0.2) is 30.6 Å². The molecular formula is C10H14F3NO3. The molecule has 0 amide bonds. The second kappa shape index (κ2) is 6.27. The zero-order valence-electron chi connectivity index (χ0n) is 9.72. The molecule has 0 aromatic carbocycles. The minimum atomic E-state index is -4.91. The lowest BCUT2D eigenvalue weighted by Gasteiger charge is -2.14. The van der Waals surface area contributed by atoms with E-state index in [9.17, 15) is 22.8 Å². The van der Waals surface area contributed by atoms with Crippen LogP contribution in [0.1, 0.15) is 20.8 Å². The van der Waals surface area contributed by atoms with Crippen LogP contribution in [0.25, 0.3) is 0 Å². The van der Waals surface area contributed by atoms with Crippen LogP contribution in [0.5, 0.6) is 0 Å². The van der Waals surface area contributed by atoms with Gasteiger partial charge in [-0.05, 0) is 20.8 Å². The summed E-state index contributed by atoms with van der Waals surface area (Å²) < 4.78 is 40.4. The molecule has 0 bridgehead atoms. The molecule has 0 spiro atoms. The van der Waals surface area contributed by atoms with Gasteiger partial charge in [-0.25, -0.2) is 4.79 Å². The lowest BCUT2D eigenvalue weighted by Crippen LogP contribution is -2.35. The van der Waals surface area contributed by atoms with Gasteiger partial charge in [-0.2, -0.15) is 13.2 Å². The Morgan fingerprint density at radius 1 is 1.41 bits per heavy atom. The van der Waals surface area contributed by atoms with Gasteiger partial charge in [-0.15, -0.1) is 0 Å². The first-order valence-electron chi connectivity index (χ1n) is 4.91.